The number of halogens is 2. The van der Waals surface area contributed by atoms with Crippen LogP contribution in [0.5, 0.6) is 5.75 Å². The minimum absolute atomic E-state index is 0.420. The molecule has 2 aromatic rings. The van der Waals surface area contributed by atoms with Gasteiger partial charge in [-0.15, -0.1) is 11.6 Å². The third-order valence-corrected chi connectivity index (χ3v) is 3.38. The largest absolute Gasteiger partial charge is 0.489 e. The van der Waals surface area contributed by atoms with Crippen molar-refractivity contribution in [2.45, 2.75) is 19.4 Å². The van der Waals surface area contributed by atoms with E-state index in [9.17, 15) is 0 Å². The molecule has 0 heterocycles. The number of alkyl halides is 1. The van der Waals surface area contributed by atoms with E-state index < -0.39 is 0 Å². The molecule has 3 heteroatoms. The van der Waals surface area contributed by atoms with E-state index in [4.69, 9.17) is 27.9 Å². The second-order valence-corrected chi connectivity index (χ2v) is 4.78. The van der Waals surface area contributed by atoms with Gasteiger partial charge < -0.3 is 4.74 Å². The molecule has 0 aliphatic heterocycles. The van der Waals surface area contributed by atoms with E-state index in [1.165, 1.54) is 0 Å². The number of rotatable bonds is 4. The quantitative estimate of drug-likeness (QED) is 0.719. The van der Waals surface area contributed by atoms with Gasteiger partial charge >= 0.3 is 0 Å². The molecule has 0 spiro atoms. The second-order valence-electron chi connectivity index (χ2n) is 4.11. The predicted octanol–water partition coefficient (Wildman–Crippen LogP) is 4.97. The van der Waals surface area contributed by atoms with E-state index in [2.05, 4.69) is 0 Å². The molecule has 0 bridgehead atoms. The SMILES string of the molecule is Cc1cc(OCc2ccccc2)cc(Cl)c1CCl. The van der Waals surface area contributed by atoms with Gasteiger partial charge in [0.2, 0.25) is 0 Å². The molecule has 0 atom stereocenters. The van der Waals surface area contributed by atoms with Crippen LogP contribution in [0.15, 0.2) is 42.5 Å². The fourth-order valence-corrected chi connectivity index (χ4v) is 2.48. The molecule has 0 aliphatic rings. The molecule has 0 radical (unpaired) electrons. The van der Waals surface area contributed by atoms with Crippen molar-refractivity contribution >= 4 is 23.2 Å². The molecule has 1 nitrogen and oxygen atoms in total. The van der Waals surface area contributed by atoms with Crippen molar-refractivity contribution in [3.63, 3.8) is 0 Å². The fraction of sp³-hybridized carbons (Fsp3) is 0.200. The van der Waals surface area contributed by atoms with Crippen molar-refractivity contribution < 1.29 is 4.74 Å². The zero-order valence-corrected chi connectivity index (χ0v) is 11.6. The summed E-state index contributed by atoms with van der Waals surface area (Å²) in [6.45, 7) is 2.52. The van der Waals surface area contributed by atoms with Gasteiger partial charge in [-0.1, -0.05) is 41.9 Å². The third kappa shape index (κ3) is 3.18. The van der Waals surface area contributed by atoms with Crippen LogP contribution < -0.4 is 4.74 Å². The summed E-state index contributed by atoms with van der Waals surface area (Å²) < 4.78 is 5.73. The van der Waals surface area contributed by atoms with E-state index in [0.717, 1.165) is 22.4 Å². The van der Waals surface area contributed by atoms with Crippen molar-refractivity contribution in [2.24, 2.45) is 0 Å². The molecular weight excluding hydrogens is 267 g/mol. The summed E-state index contributed by atoms with van der Waals surface area (Å²) in [6, 6.07) is 13.8. The van der Waals surface area contributed by atoms with Crippen LogP contribution in [0.1, 0.15) is 16.7 Å². The molecule has 0 saturated carbocycles. The lowest BCUT2D eigenvalue weighted by Gasteiger charge is -2.11. The first-order valence-electron chi connectivity index (χ1n) is 5.72. The highest BCUT2D eigenvalue weighted by Gasteiger charge is 2.06. The van der Waals surface area contributed by atoms with Crippen LogP contribution in [0, 0.1) is 6.92 Å². The Balaban J connectivity index is 2.11. The maximum absolute atomic E-state index is 6.15. The molecule has 0 amide bonds. The fourth-order valence-electron chi connectivity index (χ4n) is 1.74. The van der Waals surface area contributed by atoms with Crippen LogP contribution in [0.3, 0.4) is 0 Å². The standard InChI is InChI=1S/C15H14Cl2O/c1-11-7-13(8-15(17)14(11)9-16)18-10-12-5-3-2-4-6-12/h2-8H,9-10H2,1H3. The highest BCUT2D eigenvalue weighted by Crippen LogP contribution is 2.28. The Hall–Kier alpha value is -1.18. The van der Waals surface area contributed by atoms with Crippen LogP contribution in [-0.4, -0.2) is 0 Å². The second kappa shape index (κ2) is 6.12. The first-order chi connectivity index (χ1) is 8.70. The Kier molecular flexibility index (Phi) is 4.51. The average molecular weight is 281 g/mol. The zero-order chi connectivity index (χ0) is 13.0. The summed E-state index contributed by atoms with van der Waals surface area (Å²) in [5.41, 5.74) is 3.15. The van der Waals surface area contributed by atoms with Gasteiger partial charge in [-0.3, -0.25) is 0 Å². The Morgan fingerprint density at radius 2 is 1.83 bits per heavy atom. The molecule has 2 aromatic carbocycles. The molecule has 0 aliphatic carbocycles. The van der Waals surface area contributed by atoms with Gasteiger partial charge in [0.15, 0.2) is 0 Å². The highest BCUT2D eigenvalue weighted by atomic mass is 35.5. The monoisotopic (exact) mass is 280 g/mol. The van der Waals surface area contributed by atoms with Crippen molar-refractivity contribution in [1.29, 1.82) is 0 Å². The third-order valence-electron chi connectivity index (χ3n) is 2.77. The van der Waals surface area contributed by atoms with Gasteiger partial charge in [0, 0.05) is 10.9 Å². The summed E-state index contributed by atoms with van der Waals surface area (Å²) in [5.74, 6) is 1.19. The Morgan fingerprint density at radius 3 is 2.44 bits per heavy atom. The van der Waals surface area contributed by atoms with E-state index in [0.29, 0.717) is 17.5 Å². The summed E-state index contributed by atoms with van der Waals surface area (Å²) >= 11 is 12.0. The van der Waals surface area contributed by atoms with Crippen LogP contribution >= 0.6 is 23.2 Å². The Morgan fingerprint density at radius 1 is 1.11 bits per heavy atom. The average Bonchev–Trinajstić information content (AvgIpc) is 2.37. The van der Waals surface area contributed by atoms with Crippen molar-refractivity contribution in [3.8, 4) is 5.75 Å². The highest BCUT2D eigenvalue weighted by molar-refractivity contribution is 6.32. The molecule has 0 aromatic heterocycles. The van der Waals surface area contributed by atoms with Crippen LogP contribution in [0.25, 0.3) is 0 Å². The zero-order valence-electron chi connectivity index (χ0n) is 10.1. The molecule has 0 saturated heterocycles. The van der Waals surface area contributed by atoms with E-state index in [1.807, 2.05) is 49.4 Å². The molecule has 0 N–H and O–H groups in total. The first-order valence-corrected chi connectivity index (χ1v) is 6.63. The lowest BCUT2D eigenvalue weighted by Crippen LogP contribution is -1.97. The molecule has 18 heavy (non-hydrogen) atoms. The lowest BCUT2D eigenvalue weighted by atomic mass is 10.1. The van der Waals surface area contributed by atoms with Gasteiger partial charge in [0.1, 0.15) is 12.4 Å². The Bertz CT molecular complexity index is 500. The summed E-state index contributed by atoms with van der Waals surface area (Å²) in [4.78, 5) is 0. The van der Waals surface area contributed by atoms with Gasteiger partial charge in [-0.05, 0) is 35.7 Å². The summed E-state index contributed by atoms with van der Waals surface area (Å²) in [7, 11) is 0. The number of hydrogen-bond donors (Lipinski definition) is 0. The summed E-state index contributed by atoms with van der Waals surface area (Å²) in [6.07, 6.45) is 0. The maximum atomic E-state index is 6.15. The number of ether oxygens (including phenoxy) is 1. The molecule has 0 unspecified atom stereocenters. The van der Waals surface area contributed by atoms with E-state index in [-0.39, 0.29) is 0 Å². The van der Waals surface area contributed by atoms with Crippen molar-refractivity contribution in [3.05, 3.63) is 64.2 Å². The maximum Gasteiger partial charge on any atom is 0.121 e. The van der Waals surface area contributed by atoms with Gasteiger partial charge in [-0.2, -0.15) is 0 Å². The molecule has 0 fully saturated rings. The normalized spacial score (nSPS) is 10.4. The van der Waals surface area contributed by atoms with Gasteiger partial charge in [0.25, 0.3) is 0 Å². The minimum atomic E-state index is 0.420. The Labute approximate surface area is 117 Å². The molecule has 2 rings (SSSR count). The van der Waals surface area contributed by atoms with Crippen LogP contribution in [0.4, 0.5) is 0 Å². The van der Waals surface area contributed by atoms with Gasteiger partial charge in [0.05, 0.1) is 0 Å². The molecule has 94 valence electrons. The number of hydrogen-bond acceptors (Lipinski definition) is 1. The molecular formula is C15H14Cl2O. The van der Waals surface area contributed by atoms with Crippen LogP contribution in [0.2, 0.25) is 5.02 Å². The lowest BCUT2D eigenvalue weighted by molar-refractivity contribution is 0.306. The van der Waals surface area contributed by atoms with Crippen molar-refractivity contribution in [1.82, 2.24) is 0 Å². The minimum Gasteiger partial charge on any atom is -0.489 e. The number of aryl methyl sites for hydroxylation is 1. The topological polar surface area (TPSA) is 9.23 Å². The first kappa shape index (κ1) is 13.3. The van der Waals surface area contributed by atoms with Gasteiger partial charge in [-0.25, -0.2) is 0 Å². The summed E-state index contributed by atoms with van der Waals surface area (Å²) in [5, 5.41) is 0.660. The number of benzene rings is 2. The predicted molar refractivity (Wildman–Crippen MR) is 76.5 cm³/mol. The van der Waals surface area contributed by atoms with Crippen molar-refractivity contribution in [2.75, 3.05) is 0 Å². The smallest absolute Gasteiger partial charge is 0.121 e. The van der Waals surface area contributed by atoms with E-state index >= 15 is 0 Å². The van der Waals surface area contributed by atoms with Crippen LogP contribution in [-0.2, 0) is 12.5 Å². The van der Waals surface area contributed by atoms with E-state index in [1.54, 1.807) is 0 Å².